The molecule has 0 saturated carbocycles. The second kappa shape index (κ2) is 7.13. The number of benzene rings is 3. The highest BCUT2D eigenvalue weighted by molar-refractivity contribution is 7.99. The van der Waals surface area contributed by atoms with Gasteiger partial charge in [-0.2, -0.15) is 0 Å². The molecule has 2 aliphatic heterocycles. The van der Waals surface area contributed by atoms with Crippen LogP contribution in [0.1, 0.15) is 42.6 Å². The molecule has 0 unspecified atom stereocenters. The molecule has 0 aromatic heterocycles. The predicted molar refractivity (Wildman–Crippen MR) is 129 cm³/mol. The van der Waals surface area contributed by atoms with E-state index in [9.17, 15) is 14.4 Å². The van der Waals surface area contributed by atoms with Gasteiger partial charge in [-0.05, 0) is 24.7 Å². The number of likely N-dealkylation sites (N-methyl/N-ethyl adjacent to an activating group) is 1. The lowest BCUT2D eigenvalue weighted by Crippen LogP contribution is -2.66. The molecule has 164 valence electrons. The van der Waals surface area contributed by atoms with Gasteiger partial charge >= 0.3 is 0 Å². The third-order valence-electron chi connectivity index (χ3n) is 7.62. The van der Waals surface area contributed by atoms with Crippen molar-refractivity contribution < 1.29 is 14.4 Å². The molecule has 2 heterocycles. The zero-order valence-corrected chi connectivity index (χ0v) is 19.5. The number of fused-ring (bicyclic) bond motifs is 3. The maximum atomic E-state index is 14.5. The molecule has 1 saturated heterocycles. The molecule has 2 spiro atoms. The highest BCUT2D eigenvalue weighted by Crippen LogP contribution is 2.63. The van der Waals surface area contributed by atoms with Crippen LogP contribution in [0.5, 0.6) is 0 Å². The van der Waals surface area contributed by atoms with Gasteiger partial charge in [0.15, 0.2) is 22.9 Å². The lowest BCUT2D eigenvalue weighted by Gasteiger charge is -2.47. The van der Waals surface area contributed by atoms with Crippen molar-refractivity contribution >= 4 is 40.7 Å². The molecule has 0 bridgehead atoms. The summed E-state index contributed by atoms with van der Waals surface area (Å²) in [4.78, 5) is 45.6. The monoisotopic (exact) mass is 473 g/mol. The van der Waals surface area contributed by atoms with E-state index in [-0.39, 0.29) is 17.3 Å². The fourth-order valence-electron chi connectivity index (χ4n) is 6.21. The van der Waals surface area contributed by atoms with Gasteiger partial charge in [0.1, 0.15) is 0 Å². The third-order valence-corrected chi connectivity index (χ3v) is 9.23. The van der Waals surface area contributed by atoms with Gasteiger partial charge in [-0.1, -0.05) is 72.3 Å². The number of likely N-dealkylation sites (tertiary alicyclic amines) is 1. The summed E-state index contributed by atoms with van der Waals surface area (Å²) in [5.41, 5.74) is -0.725. The zero-order chi connectivity index (χ0) is 23.0. The Balaban J connectivity index is 1.68. The van der Waals surface area contributed by atoms with E-state index < -0.39 is 16.9 Å². The summed E-state index contributed by atoms with van der Waals surface area (Å²) in [6.45, 7) is 0.379. The Morgan fingerprint density at radius 1 is 0.818 bits per heavy atom. The third kappa shape index (κ3) is 2.40. The van der Waals surface area contributed by atoms with E-state index in [0.29, 0.717) is 34.0 Å². The Morgan fingerprint density at radius 2 is 1.39 bits per heavy atom. The summed E-state index contributed by atoms with van der Waals surface area (Å²) in [5, 5.41) is 0.541. The summed E-state index contributed by atoms with van der Waals surface area (Å²) in [5.74, 6) is -0.802. The molecule has 33 heavy (non-hydrogen) atoms. The van der Waals surface area contributed by atoms with Crippen molar-refractivity contribution in [2.45, 2.75) is 16.4 Å². The first-order chi connectivity index (χ1) is 15.9. The molecule has 4 nitrogen and oxygen atoms in total. The Kier molecular flexibility index (Phi) is 4.51. The van der Waals surface area contributed by atoms with Crippen LogP contribution in [0.4, 0.5) is 0 Å². The number of carbonyl (C=O) groups excluding carboxylic acids is 3. The number of hydrogen-bond acceptors (Lipinski definition) is 5. The molecule has 3 aromatic carbocycles. The van der Waals surface area contributed by atoms with E-state index in [1.165, 1.54) is 0 Å². The van der Waals surface area contributed by atoms with E-state index >= 15 is 0 Å². The first-order valence-corrected chi connectivity index (χ1v) is 12.2. The molecule has 6 heteroatoms. The van der Waals surface area contributed by atoms with Crippen molar-refractivity contribution in [3.63, 3.8) is 0 Å². The second-order valence-electron chi connectivity index (χ2n) is 8.95. The van der Waals surface area contributed by atoms with Crippen LogP contribution in [0.3, 0.4) is 0 Å². The molecular formula is C27H20ClNO3S. The van der Waals surface area contributed by atoms with Crippen LogP contribution in [0.25, 0.3) is 0 Å². The number of ketones is 3. The molecule has 2 atom stereocenters. The van der Waals surface area contributed by atoms with Crippen LogP contribution >= 0.6 is 23.4 Å². The number of thioether (sulfide) groups is 1. The number of nitrogens with zero attached hydrogens (tertiary/aromatic N) is 1. The van der Waals surface area contributed by atoms with Gasteiger partial charge in [0.25, 0.3) is 0 Å². The minimum absolute atomic E-state index is 0.152. The van der Waals surface area contributed by atoms with E-state index in [4.69, 9.17) is 11.6 Å². The lowest BCUT2D eigenvalue weighted by atomic mass is 9.58. The van der Waals surface area contributed by atoms with Gasteiger partial charge in [0, 0.05) is 44.8 Å². The number of carbonyl (C=O) groups is 3. The molecule has 0 amide bonds. The fourth-order valence-corrected chi connectivity index (χ4v) is 7.89. The topological polar surface area (TPSA) is 54.5 Å². The first-order valence-electron chi connectivity index (χ1n) is 10.9. The molecule has 0 N–H and O–H groups in total. The van der Waals surface area contributed by atoms with E-state index in [1.54, 1.807) is 55.2 Å². The smallest absolute Gasteiger partial charge is 0.192 e. The average molecular weight is 474 g/mol. The van der Waals surface area contributed by atoms with Crippen LogP contribution in [-0.2, 0) is 0 Å². The molecule has 3 aliphatic rings. The maximum absolute atomic E-state index is 14.5. The number of Topliss-reactive ketones (excluding diaryl/α,β-unsaturated/α-hetero) is 3. The van der Waals surface area contributed by atoms with Gasteiger partial charge in [0.2, 0.25) is 0 Å². The summed E-state index contributed by atoms with van der Waals surface area (Å²) >= 11 is 8.20. The minimum atomic E-state index is -1.60. The van der Waals surface area contributed by atoms with Gasteiger partial charge in [0.05, 0.1) is 5.41 Å². The first kappa shape index (κ1) is 20.8. The SMILES string of the molecule is CN1C[C@@H](c2ccccc2Cl)[C@@]2(CSc3ccccc3C2=O)C12C(=O)c1ccccc1C2=O. The average Bonchev–Trinajstić information content (AvgIpc) is 3.23. The van der Waals surface area contributed by atoms with Crippen LogP contribution in [0.2, 0.25) is 5.02 Å². The molecule has 1 aliphatic carbocycles. The quantitative estimate of drug-likeness (QED) is 0.457. The van der Waals surface area contributed by atoms with Crippen molar-refractivity contribution in [2.24, 2.45) is 5.41 Å². The van der Waals surface area contributed by atoms with Crippen molar-refractivity contribution in [1.82, 2.24) is 4.90 Å². The number of halogens is 1. The van der Waals surface area contributed by atoms with Gasteiger partial charge in [-0.25, -0.2) is 0 Å². The maximum Gasteiger partial charge on any atom is 0.192 e. The Labute approximate surface area is 200 Å². The summed E-state index contributed by atoms with van der Waals surface area (Å²) < 4.78 is 0. The van der Waals surface area contributed by atoms with E-state index in [1.807, 2.05) is 41.3 Å². The highest BCUT2D eigenvalue weighted by Gasteiger charge is 2.76. The largest absolute Gasteiger partial charge is 0.293 e. The number of rotatable bonds is 1. The summed E-state index contributed by atoms with van der Waals surface area (Å²) in [7, 11) is 1.79. The van der Waals surface area contributed by atoms with Crippen LogP contribution in [0, 0.1) is 5.41 Å². The summed E-state index contributed by atoms with van der Waals surface area (Å²) in [6, 6.07) is 21.8. The van der Waals surface area contributed by atoms with Crippen LogP contribution in [0.15, 0.2) is 77.7 Å². The van der Waals surface area contributed by atoms with Crippen molar-refractivity contribution in [3.05, 3.63) is 100 Å². The normalized spacial score (nSPS) is 25.6. The molecule has 6 rings (SSSR count). The Morgan fingerprint density at radius 3 is 2.06 bits per heavy atom. The Hall–Kier alpha value is -2.73. The fraction of sp³-hybridized carbons (Fsp3) is 0.222. The Bertz CT molecular complexity index is 1330. The van der Waals surface area contributed by atoms with Crippen molar-refractivity contribution in [3.8, 4) is 0 Å². The van der Waals surface area contributed by atoms with E-state index in [0.717, 1.165) is 10.5 Å². The van der Waals surface area contributed by atoms with Gasteiger partial charge < -0.3 is 0 Å². The highest BCUT2D eigenvalue weighted by atomic mass is 35.5. The van der Waals surface area contributed by atoms with Gasteiger partial charge in [-0.3, -0.25) is 19.3 Å². The van der Waals surface area contributed by atoms with Gasteiger partial charge in [-0.15, -0.1) is 11.8 Å². The summed E-state index contributed by atoms with van der Waals surface area (Å²) in [6.07, 6.45) is 0. The number of hydrogen-bond donors (Lipinski definition) is 0. The van der Waals surface area contributed by atoms with Crippen molar-refractivity contribution in [1.29, 1.82) is 0 Å². The van der Waals surface area contributed by atoms with Crippen molar-refractivity contribution in [2.75, 3.05) is 19.3 Å². The minimum Gasteiger partial charge on any atom is -0.293 e. The predicted octanol–water partition coefficient (Wildman–Crippen LogP) is 5.16. The molecule has 1 fully saturated rings. The van der Waals surface area contributed by atoms with E-state index in [2.05, 4.69) is 0 Å². The molecular weight excluding hydrogens is 454 g/mol. The standard InChI is InChI=1S/C27H20ClNO3S/c1-29-14-20(18-10-4-6-12-21(18)28)26(15-33-22-13-7-5-11-19(22)23(26)30)27(29)24(31)16-8-2-3-9-17(16)25(27)32/h2-13,20H,14-15H2,1H3/t20-,26+/m0/s1. The van der Waals surface area contributed by atoms with Crippen LogP contribution in [-0.4, -0.2) is 47.1 Å². The second-order valence-corrected chi connectivity index (χ2v) is 10.4. The molecule has 3 aromatic rings. The molecule has 0 radical (unpaired) electrons. The zero-order valence-electron chi connectivity index (χ0n) is 17.9. The van der Waals surface area contributed by atoms with Crippen LogP contribution < -0.4 is 0 Å². The lowest BCUT2D eigenvalue weighted by molar-refractivity contribution is 0.0361.